The molecule has 0 radical (unpaired) electrons. The summed E-state index contributed by atoms with van der Waals surface area (Å²) >= 11 is 6.07. The van der Waals surface area contributed by atoms with Crippen LogP contribution in [0.25, 0.3) is 10.9 Å². The Morgan fingerprint density at radius 2 is 1.69 bits per heavy atom. The number of anilines is 1. The molecule has 7 heteroatoms. The fraction of sp³-hybridized carbons (Fsp3) is 0.318. The highest BCUT2D eigenvalue weighted by Crippen LogP contribution is 2.21. The van der Waals surface area contributed by atoms with E-state index in [0.717, 1.165) is 35.4 Å². The summed E-state index contributed by atoms with van der Waals surface area (Å²) in [6.07, 6.45) is 0.349. The van der Waals surface area contributed by atoms with Crippen molar-refractivity contribution in [2.45, 2.75) is 19.8 Å². The molecular weight excluding hydrogens is 388 g/mol. The highest BCUT2D eigenvalue weighted by molar-refractivity contribution is 6.30. The predicted molar refractivity (Wildman–Crippen MR) is 115 cm³/mol. The molecule has 0 atom stereocenters. The van der Waals surface area contributed by atoms with Gasteiger partial charge in [0.05, 0.1) is 11.2 Å². The molecule has 1 amide bonds. The van der Waals surface area contributed by atoms with Crippen molar-refractivity contribution in [1.82, 2.24) is 14.7 Å². The maximum absolute atomic E-state index is 12.6. The summed E-state index contributed by atoms with van der Waals surface area (Å²) in [4.78, 5) is 29.3. The quantitative estimate of drug-likeness (QED) is 0.657. The Labute approximate surface area is 174 Å². The van der Waals surface area contributed by atoms with Gasteiger partial charge in [0.25, 0.3) is 0 Å². The monoisotopic (exact) mass is 410 g/mol. The third-order valence-corrected chi connectivity index (χ3v) is 5.60. The van der Waals surface area contributed by atoms with Crippen LogP contribution in [0.5, 0.6) is 0 Å². The maximum Gasteiger partial charge on any atom is 0.247 e. The van der Waals surface area contributed by atoms with E-state index in [9.17, 15) is 9.59 Å². The second-order valence-corrected chi connectivity index (χ2v) is 7.69. The fourth-order valence-corrected chi connectivity index (χ4v) is 3.96. The van der Waals surface area contributed by atoms with Gasteiger partial charge in [-0.15, -0.1) is 0 Å². The van der Waals surface area contributed by atoms with Crippen LogP contribution < -0.4 is 4.90 Å². The van der Waals surface area contributed by atoms with Gasteiger partial charge in [0.1, 0.15) is 0 Å². The molecule has 4 rings (SSSR count). The van der Waals surface area contributed by atoms with Crippen LogP contribution in [-0.2, 0) is 4.79 Å². The minimum absolute atomic E-state index is 0.0114. The molecule has 0 aliphatic carbocycles. The van der Waals surface area contributed by atoms with Crippen molar-refractivity contribution < 1.29 is 9.59 Å². The maximum atomic E-state index is 12.6. The Balaban J connectivity index is 1.33. The summed E-state index contributed by atoms with van der Waals surface area (Å²) in [7, 11) is 0. The van der Waals surface area contributed by atoms with E-state index >= 15 is 0 Å². The normalized spacial score (nSPS) is 14.4. The average Bonchev–Trinajstić information content (AvgIpc) is 3.09. The van der Waals surface area contributed by atoms with Gasteiger partial charge in [-0.05, 0) is 31.2 Å². The summed E-state index contributed by atoms with van der Waals surface area (Å²) in [5.74, 6) is -0.141. The first-order valence-corrected chi connectivity index (χ1v) is 10.2. The first-order chi connectivity index (χ1) is 14.0. The number of amides is 1. The number of para-hydroxylation sites is 1. The van der Waals surface area contributed by atoms with Crippen LogP contribution in [0.15, 0.2) is 48.5 Å². The van der Waals surface area contributed by atoms with Gasteiger partial charge in [0.15, 0.2) is 0 Å². The Morgan fingerprint density at radius 3 is 2.45 bits per heavy atom. The molecule has 0 bridgehead atoms. The molecule has 0 unspecified atom stereocenters. The van der Waals surface area contributed by atoms with E-state index in [4.69, 9.17) is 11.6 Å². The minimum atomic E-state index is -0.153. The van der Waals surface area contributed by atoms with Crippen molar-refractivity contribution in [2.24, 2.45) is 0 Å². The van der Waals surface area contributed by atoms with Crippen molar-refractivity contribution in [2.75, 3.05) is 31.1 Å². The molecule has 2 aromatic carbocycles. The summed E-state index contributed by atoms with van der Waals surface area (Å²) in [5, 5.41) is 6.03. The van der Waals surface area contributed by atoms with Gasteiger partial charge in [-0.1, -0.05) is 35.9 Å². The van der Waals surface area contributed by atoms with Gasteiger partial charge in [0, 0.05) is 55.1 Å². The molecule has 0 spiro atoms. The zero-order valence-corrected chi connectivity index (χ0v) is 17.1. The molecule has 1 aromatic heterocycles. The lowest BCUT2D eigenvalue weighted by atomic mass is 10.2. The first kappa shape index (κ1) is 19.5. The van der Waals surface area contributed by atoms with Gasteiger partial charge >= 0.3 is 0 Å². The topological polar surface area (TPSA) is 58.4 Å². The number of benzene rings is 2. The van der Waals surface area contributed by atoms with Crippen molar-refractivity contribution in [1.29, 1.82) is 0 Å². The molecule has 1 aliphatic rings. The van der Waals surface area contributed by atoms with E-state index in [0.29, 0.717) is 18.1 Å². The molecule has 29 heavy (non-hydrogen) atoms. The Morgan fingerprint density at radius 1 is 0.966 bits per heavy atom. The average molecular weight is 411 g/mol. The molecule has 0 saturated carbocycles. The van der Waals surface area contributed by atoms with Crippen LogP contribution in [0.3, 0.4) is 0 Å². The summed E-state index contributed by atoms with van der Waals surface area (Å²) < 4.78 is 1.43. The standard InChI is InChI=1S/C22H23ClN4O2/c1-16-19-7-2-3-8-20(19)27(24-16)22(29)10-9-21(28)26-13-11-25(12-14-26)18-6-4-5-17(23)15-18/h2-8,15H,9-14H2,1H3. The molecule has 3 aromatic rings. The Kier molecular flexibility index (Phi) is 5.53. The Bertz CT molecular complexity index is 1050. The third kappa shape index (κ3) is 4.12. The minimum Gasteiger partial charge on any atom is -0.368 e. The highest BCUT2D eigenvalue weighted by atomic mass is 35.5. The third-order valence-electron chi connectivity index (χ3n) is 5.37. The second kappa shape index (κ2) is 8.25. The number of hydrogen-bond donors (Lipinski definition) is 0. The lowest BCUT2D eigenvalue weighted by molar-refractivity contribution is -0.131. The molecular formula is C22H23ClN4O2. The van der Waals surface area contributed by atoms with Crippen molar-refractivity contribution in [3.05, 3.63) is 59.2 Å². The van der Waals surface area contributed by atoms with Crippen molar-refractivity contribution in [3.8, 4) is 0 Å². The van der Waals surface area contributed by atoms with Crippen LogP contribution in [0.4, 0.5) is 5.69 Å². The number of rotatable bonds is 4. The number of fused-ring (bicyclic) bond motifs is 1. The SMILES string of the molecule is Cc1nn(C(=O)CCC(=O)N2CCN(c3cccc(Cl)c3)CC2)c2ccccc12. The first-order valence-electron chi connectivity index (χ1n) is 9.79. The lowest BCUT2D eigenvalue weighted by Crippen LogP contribution is -2.48. The van der Waals surface area contributed by atoms with E-state index in [-0.39, 0.29) is 24.7 Å². The number of aryl methyl sites for hydroxylation is 1. The van der Waals surface area contributed by atoms with E-state index in [1.165, 1.54) is 4.68 Å². The van der Waals surface area contributed by atoms with Gasteiger partial charge in [-0.2, -0.15) is 9.78 Å². The van der Waals surface area contributed by atoms with E-state index in [2.05, 4.69) is 10.00 Å². The number of halogens is 1. The van der Waals surface area contributed by atoms with Crippen LogP contribution in [0, 0.1) is 6.92 Å². The molecule has 0 N–H and O–H groups in total. The van der Waals surface area contributed by atoms with Crippen LogP contribution in [0.1, 0.15) is 23.3 Å². The number of carbonyl (C=O) groups excluding carboxylic acids is 2. The number of nitrogens with zero attached hydrogens (tertiary/aromatic N) is 4. The van der Waals surface area contributed by atoms with Crippen molar-refractivity contribution in [3.63, 3.8) is 0 Å². The molecule has 2 heterocycles. The lowest BCUT2D eigenvalue weighted by Gasteiger charge is -2.36. The zero-order chi connectivity index (χ0) is 20.4. The summed E-state index contributed by atoms with van der Waals surface area (Å²) in [5.41, 5.74) is 2.68. The number of piperazine rings is 1. The van der Waals surface area contributed by atoms with Crippen LogP contribution in [0.2, 0.25) is 5.02 Å². The highest BCUT2D eigenvalue weighted by Gasteiger charge is 2.22. The predicted octanol–water partition coefficient (Wildman–Crippen LogP) is 3.77. The number of aromatic nitrogens is 2. The largest absolute Gasteiger partial charge is 0.368 e. The molecule has 1 fully saturated rings. The zero-order valence-electron chi connectivity index (χ0n) is 16.3. The molecule has 1 saturated heterocycles. The second-order valence-electron chi connectivity index (χ2n) is 7.26. The molecule has 6 nitrogen and oxygen atoms in total. The number of hydrogen-bond acceptors (Lipinski definition) is 4. The number of carbonyl (C=O) groups is 2. The van der Waals surface area contributed by atoms with E-state index in [1.54, 1.807) is 0 Å². The van der Waals surface area contributed by atoms with Gasteiger partial charge < -0.3 is 9.80 Å². The summed E-state index contributed by atoms with van der Waals surface area (Å²) in [6.45, 7) is 4.68. The van der Waals surface area contributed by atoms with Crippen LogP contribution >= 0.6 is 11.6 Å². The van der Waals surface area contributed by atoms with Crippen LogP contribution in [-0.4, -0.2) is 52.7 Å². The van der Waals surface area contributed by atoms with Gasteiger partial charge in [-0.25, -0.2) is 0 Å². The fourth-order valence-electron chi connectivity index (χ4n) is 3.78. The van der Waals surface area contributed by atoms with Crippen molar-refractivity contribution >= 4 is 40.0 Å². The van der Waals surface area contributed by atoms with Gasteiger partial charge in [0.2, 0.25) is 11.8 Å². The smallest absolute Gasteiger partial charge is 0.247 e. The molecule has 1 aliphatic heterocycles. The Hall–Kier alpha value is -2.86. The molecule has 150 valence electrons. The van der Waals surface area contributed by atoms with Gasteiger partial charge in [-0.3, -0.25) is 9.59 Å². The van der Waals surface area contributed by atoms with E-state index in [1.807, 2.05) is 60.4 Å². The summed E-state index contributed by atoms with van der Waals surface area (Å²) in [6, 6.07) is 15.4. The van der Waals surface area contributed by atoms with E-state index < -0.39 is 0 Å².